The van der Waals surface area contributed by atoms with Gasteiger partial charge in [-0.1, -0.05) is 6.07 Å². The highest BCUT2D eigenvalue weighted by Crippen LogP contribution is 2.35. The molecular formula is C22H21FN2O5S2. The minimum Gasteiger partial charge on any atom is -0.486 e. The monoisotopic (exact) mass is 476 g/mol. The van der Waals surface area contributed by atoms with Gasteiger partial charge in [-0.3, -0.25) is 4.79 Å². The van der Waals surface area contributed by atoms with Crippen molar-refractivity contribution < 1.29 is 27.1 Å². The first-order valence-electron chi connectivity index (χ1n) is 9.73. The Morgan fingerprint density at radius 1 is 1.06 bits per heavy atom. The van der Waals surface area contributed by atoms with Crippen LogP contribution in [-0.4, -0.2) is 45.9 Å². The zero-order valence-corrected chi connectivity index (χ0v) is 19.1. The van der Waals surface area contributed by atoms with Crippen molar-refractivity contribution in [2.45, 2.75) is 11.4 Å². The highest BCUT2D eigenvalue weighted by molar-refractivity contribution is 7.89. The maximum Gasteiger partial charge on any atom is 0.258 e. The van der Waals surface area contributed by atoms with Crippen molar-refractivity contribution >= 4 is 33.0 Å². The molecule has 0 aliphatic carbocycles. The summed E-state index contributed by atoms with van der Waals surface area (Å²) < 4.78 is 51.5. The van der Waals surface area contributed by atoms with E-state index in [9.17, 15) is 17.6 Å². The molecule has 0 N–H and O–H groups in total. The number of anilines is 1. The number of nitrogens with zero attached hydrogens (tertiary/aromatic N) is 2. The van der Waals surface area contributed by atoms with Crippen molar-refractivity contribution in [3.8, 4) is 11.5 Å². The molecule has 1 amide bonds. The second-order valence-electron chi connectivity index (χ2n) is 7.23. The summed E-state index contributed by atoms with van der Waals surface area (Å²) in [7, 11) is -1.45. The van der Waals surface area contributed by atoms with Gasteiger partial charge in [0.1, 0.15) is 23.9 Å². The predicted molar refractivity (Wildman–Crippen MR) is 120 cm³/mol. The number of amides is 1. The molecule has 0 saturated heterocycles. The second-order valence-corrected chi connectivity index (χ2v) is 10.4. The Morgan fingerprint density at radius 3 is 2.50 bits per heavy atom. The third kappa shape index (κ3) is 4.34. The van der Waals surface area contributed by atoms with Gasteiger partial charge >= 0.3 is 0 Å². The molecule has 3 aromatic rings. The second kappa shape index (κ2) is 8.89. The molecule has 4 rings (SSSR count). The largest absolute Gasteiger partial charge is 0.486 e. The van der Waals surface area contributed by atoms with Gasteiger partial charge in [0.2, 0.25) is 10.0 Å². The van der Waals surface area contributed by atoms with Crippen LogP contribution in [0.4, 0.5) is 10.1 Å². The average Bonchev–Trinajstić information content (AvgIpc) is 3.30. The minimum absolute atomic E-state index is 0.0540. The van der Waals surface area contributed by atoms with E-state index in [1.165, 1.54) is 36.4 Å². The van der Waals surface area contributed by atoms with Gasteiger partial charge in [0.05, 0.1) is 6.54 Å². The molecule has 10 heteroatoms. The lowest BCUT2D eigenvalue weighted by molar-refractivity contribution is 0.0985. The number of hydrogen-bond acceptors (Lipinski definition) is 6. The molecule has 0 fully saturated rings. The Hall–Kier alpha value is -2.95. The van der Waals surface area contributed by atoms with Gasteiger partial charge < -0.3 is 14.4 Å². The number of halogens is 1. The molecule has 0 unspecified atom stereocenters. The molecule has 7 nitrogen and oxygen atoms in total. The van der Waals surface area contributed by atoms with Crippen molar-refractivity contribution in [3.63, 3.8) is 0 Å². The summed E-state index contributed by atoms with van der Waals surface area (Å²) in [6, 6.07) is 12.3. The first kappa shape index (κ1) is 22.3. The van der Waals surface area contributed by atoms with E-state index in [1.54, 1.807) is 18.2 Å². The molecule has 168 valence electrons. The molecule has 0 atom stereocenters. The normalized spacial score (nSPS) is 13.2. The van der Waals surface area contributed by atoms with Gasteiger partial charge in [0.25, 0.3) is 5.91 Å². The average molecular weight is 477 g/mol. The lowest BCUT2D eigenvalue weighted by Gasteiger charge is -2.25. The standard InChI is InChI=1S/C22H21FN2O5S2/c1-24(2)32(27,28)21-12-15(5-7-18(21)23)22(26)25(14-17-4-3-11-31-17)16-6-8-19-20(13-16)30-10-9-29-19/h3-8,11-13H,9-10,14H2,1-2H3. The molecule has 32 heavy (non-hydrogen) atoms. The summed E-state index contributed by atoms with van der Waals surface area (Å²) >= 11 is 1.49. The van der Waals surface area contributed by atoms with Crippen molar-refractivity contribution in [1.82, 2.24) is 4.31 Å². The summed E-state index contributed by atoms with van der Waals surface area (Å²) in [5, 5.41) is 1.90. The Labute approximate surface area is 189 Å². The fraction of sp³-hybridized carbons (Fsp3) is 0.227. The number of carbonyl (C=O) groups is 1. The quantitative estimate of drug-likeness (QED) is 0.542. The van der Waals surface area contributed by atoms with E-state index in [1.807, 2.05) is 17.5 Å². The summed E-state index contributed by atoms with van der Waals surface area (Å²) in [5.41, 5.74) is 0.604. The van der Waals surface area contributed by atoms with Crippen LogP contribution in [0.25, 0.3) is 0 Å². The maximum atomic E-state index is 14.3. The van der Waals surface area contributed by atoms with Crippen LogP contribution >= 0.6 is 11.3 Å². The Balaban J connectivity index is 1.76. The summed E-state index contributed by atoms with van der Waals surface area (Å²) in [5.74, 6) is -0.276. The number of sulfonamides is 1. The molecule has 2 heterocycles. The molecule has 1 aliphatic heterocycles. The maximum absolute atomic E-state index is 14.3. The van der Waals surface area contributed by atoms with Crippen molar-refractivity contribution in [3.05, 3.63) is 70.2 Å². The smallest absolute Gasteiger partial charge is 0.258 e. The molecule has 2 aromatic carbocycles. The highest BCUT2D eigenvalue weighted by Gasteiger charge is 2.26. The van der Waals surface area contributed by atoms with E-state index < -0.39 is 26.6 Å². The summed E-state index contributed by atoms with van der Waals surface area (Å²) in [4.78, 5) is 15.4. The summed E-state index contributed by atoms with van der Waals surface area (Å²) in [6.07, 6.45) is 0. The number of ether oxygens (including phenoxy) is 2. The van der Waals surface area contributed by atoms with Crippen molar-refractivity contribution in [1.29, 1.82) is 0 Å². The minimum atomic E-state index is -4.06. The van der Waals surface area contributed by atoms with Gasteiger partial charge in [-0.25, -0.2) is 17.1 Å². The fourth-order valence-electron chi connectivity index (χ4n) is 3.23. The van der Waals surface area contributed by atoms with Gasteiger partial charge in [0.15, 0.2) is 11.5 Å². The molecule has 0 bridgehead atoms. The number of carbonyl (C=O) groups excluding carboxylic acids is 1. The van der Waals surface area contributed by atoms with E-state index in [2.05, 4.69) is 0 Å². The molecular weight excluding hydrogens is 455 g/mol. The Bertz CT molecular complexity index is 1240. The van der Waals surface area contributed by atoms with Crippen LogP contribution in [0.15, 0.2) is 58.8 Å². The van der Waals surface area contributed by atoms with Gasteiger partial charge in [-0.05, 0) is 41.8 Å². The SMILES string of the molecule is CN(C)S(=O)(=O)c1cc(C(=O)N(Cc2cccs2)c2ccc3c(c2)OCCO3)ccc1F. The van der Waals surface area contributed by atoms with Gasteiger partial charge in [0, 0.05) is 36.3 Å². The van der Waals surface area contributed by atoms with Crippen LogP contribution in [0, 0.1) is 5.82 Å². The summed E-state index contributed by atoms with van der Waals surface area (Å²) in [6.45, 7) is 1.10. The zero-order chi connectivity index (χ0) is 22.9. The van der Waals surface area contributed by atoms with E-state index >= 15 is 0 Å². The first-order valence-corrected chi connectivity index (χ1v) is 12.1. The third-order valence-electron chi connectivity index (χ3n) is 4.91. The van der Waals surface area contributed by atoms with Crippen LogP contribution in [-0.2, 0) is 16.6 Å². The van der Waals surface area contributed by atoms with Gasteiger partial charge in [-0.15, -0.1) is 11.3 Å². The van der Waals surface area contributed by atoms with E-state index in [0.717, 1.165) is 21.3 Å². The fourth-order valence-corrected chi connectivity index (χ4v) is 4.90. The Kier molecular flexibility index (Phi) is 6.18. The number of benzene rings is 2. The van der Waals surface area contributed by atoms with E-state index in [0.29, 0.717) is 30.4 Å². The lowest BCUT2D eigenvalue weighted by Crippen LogP contribution is -2.31. The topological polar surface area (TPSA) is 76.2 Å². The van der Waals surface area contributed by atoms with Crippen LogP contribution in [0.3, 0.4) is 0 Å². The van der Waals surface area contributed by atoms with E-state index in [4.69, 9.17) is 9.47 Å². The van der Waals surface area contributed by atoms with Crippen LogP contribution in [0.5, 0.6) is 11.5 Å². The lowest BCUT2D eigenvalue weighted by atomic mass is 10.1. The number of fused-ring (bicyclic) bond motifs is 1. The predicted octanol–water partition coefficient (Wildman–Crippen LogP) is 3.76. The number of rotatable bonds is 6. The van der Waals surface area contributed by atoms with Crippen molar-refractivity contribution in [2.24, 2.45) is 0 Å². The zero-order valence-electron chi connectivity index (χ0n) is 17.4. The molecule has 0 spiro atoms. The van der Waals surface area contributed by atoms with Crippen molar-refractivity contribution in [2.75, 3.05) is 32.2 Å². The third-order valence-corrected chi connectivity index (χ3v) is 7.60. The van der Waals surface area contributed by atoms with Gasteiger partial charge in [-0.2, -0.15) is 0 Å². The molecule has 1 aliphatic rings. The first-order chi connectivity index (χ1) is 15.3. The molecule has 1 aromatic heterocycles. The number of hydrogen-bond donors (Lipinski definition) is 0. The van der Waals surface area contributed by atoms with Crippen LogP contribution in [0.2, 0.25) is 0 Å². The number of thiophene rings is 1. The highest BCUT2D eigenvalue weighted by atomic mass is 32.2. The van der Waals surface area contributed by atoms with Crippen LogP contribution in [0.1, 0.15) is 15.2 Å². The van der Waals surface area contributed by atoms with Crippen LogP contribution < -0.4 is 14.4 Å². The molecule has 0 saturated carbocycles. The van der Waals surface area contributed by atoms with E-state index in [-0.39, 0.29) is 12.1 Å². The molecule has 0 radical (unpaired) electrons. The Morgan fingerprint density at radius 2 is 1.81 bits per heavy atom.